The third kappa shape index (κ3) is 4.72. The van der Waals surface area contributed by atoms with Crippen molar-refractivity contribution in [3.8, 4) is 0 Å². The van der Waals surface area contributed by atoms with E-state index in [2.05, 4.69) is 5.16 Å². The first-order chi connectivity index (χ1) is 10.8. The molecule has 1 rings (SSSR count). The van der Waals surface area contributed by atoms with Gasteiger partial charge in [0.05, 0.1) is 9.49 Å². The molecule has 1 atom stereocenters. The lowest BCUT2D eigenvalue weighted by atomic mass is 9.98. The van der Waals surface area contributed by atoms with Gasteiger partial charge in [-0.15, -0.1) is 0 Å². The molecule has 1 fully saturated rings. The number of hydrogen-bond acceptors (Lipinski definition) is 7. The van der Waals surface area contributed by atoms with Crippen LogP contribution in [0.2, 0.25) is 0 Å². The summed E-state index contributed by atoms with van der Waals surface area (Å²) >= 11 is 2.34. The summed E-state index contributed by atoms with van der Waals surface area (Å²) in [6.45, 7) is 12.8. The fourth-order valence-corrected chi connectivity index (χ4v) is 4.31. The fraction of sp³-hybridized carbons (Fsp3) is 0.800. The third-order valence-corrected chi connectivity index (χ3v) is 6.23. The summed E-state index contributed by atoms with van der Waals surface area (Å²) in [5, 5.41) is 3.81. The van der Waals surface area contributed by atoms with Gasteiger partial charge in [0, 0.05) is 13.0 Å². The summed E-state index contributed by atoms with van der Waals surface area (Å²) < 4.78 is 0.891. The van der Waals surface area contributed by atoms with Crippen molar-refractivity contribution in [3.05, 3.63) is 4.91 Å². The van der Waals surface area contributed by atoms with Crippen molar-refractivity contribution in [1.29, 1.82) is 0 Å². The van der Waals surface area contributed by atoms with E-state index in [0.29, 0.717) is 0 Å². The van der Waals surface area contributed by atoms with Gasteiger partial charge in [-0.3, -0.25) is 9.10 Å². The second kappa shape index (κ2) is 7.43. The minimum Gasteiger partial charge on any atom is -0.298 e. The number of Topliss-reactive ketones (excluding diaryl/α,β-unsaturated/α-hetero) is 1. The molecular weight excluding hydrogens is 350 g/mol. The third-order valence-electron chi connectivity index (χ3n) is 3.84. The molecule has 1 aliphatic heterocycles. The average molecular weight is 377 g/mol. The number of nitrogens with zero attached hydrogens (tertiary/aromatic N) is 3. The van der Waals surface area contributed by atoms with Crippen LogP contribution in [-0.4, -0.2) is 48.7 Å². The molecule has 1 amide bonds. The van der Waals surface area contributed by atoms with E-state index in [1.54, 1.807) is 20.8 Å². The van der Waals surface area contributed by atoms with Crippen molar-refractivity contribution in [2.45, 2.75) is 64.0 Å². The molecule has 136 valence electrons. The number of carbonyl (C=O) groups is 2. The van der Waals surface area contributed by atoms with Crippen molar-refractivity contribution in [2.75, 3.05) is 7.05 Å². The van der Waals surface area contributed by atoms with Gasteiger partial charge in [0.15, 0.2) is 17.0 Å². The molecule has 0 N–H and O–H groups in total. The number of nitroso groups, excluding NO2 is 1. The molecule has 1 heterocycles. The van der Waals surface area contributed by atoms with Crippen LogP contribution in [0.15, 0.2) is 5.16 Å². The van der Waals surface area contributed by atoms with Crippen LogP contribution in [-0.2, 0) is 9.63 Å². The number of hydrogen-bond donors (Lipinski definition) is 0. The monoisotopic (exact) mass is 376 g/mol. The van der Waals surface area contributed by atoms with Crippen LogP contribution in [0.3, 0.4) is 0 Å². The molecular formula is C15H26N3O4S2+. The molecule has 0 spiro atoms. The standard InChI is InChI=1S/C15H26N3O4S2/c1-9(2)11(19)15(6,7)24-17(8)13(20)22-16-12-18(21)10(3)14(4,5)23-12/h9-10H,1-8H3/q+1. The highest BCUT2D eigenvalue weighted by Gasteiger charge is 2.50. The number of amidine groups is 1. The van der Waals surface area contributed by atoms with E-state index in [0.717, 1.165) is 16.7 Å². The maximum absolute atomic E-state index is 12.2. The quantitative estimate of drug-likeness (QED) is 0.315. The molecule has 1 aliphatic rings. The molecule has 9 heteroatoms. The zero-order valence-corrected chi connectivity index (χ0v) is 17.1. The molecule has 1 saturated heterocycles. The van der Waals surface area contributed by atoms with Crippen LogP contribution in [0.1, 0.15) is 48.5 Å². The number of rotatable bonds is 5. The Hall–Kier alpha value is -1.09. The molecule has 24 heavy (non-hydrogen) atoms. The van der Waals surface area contributed by atoms with Gasteiger partial charge in [-0.1, -0.05) is 18.8 Å². The molecule has 1 unspecified atom stereocenters. The Kier molecular flexibility index (Phi) is 6.49. The van der Waals surface area contributed by atoms with Crippen LogP contribution in [0, 0.1) is 10.8 Å². The predicted molar refractivity (Wildman–Crippen MR) is 98.0 cm³/mol. The van der Waals surface area contributed by atoms with E-state index < -0.39 is 10.8 Å². The van der Waals surface area contributed by atoms with Gasteiger partial charge in [-0.05, 0) is 63.1 Å². The minimum atomic E-state index is -0.766. The normalized spacial score (nSPS) is 22.1. The van der Waals surface area contributed by atoms with Crippen LogP contribution in [0.25, 0.3) is 0 Å². The molecule has 0 aromatic rings. The number of amides is 1. The smallest absolute Gasteiger partial charge is 0.298 e. The number of carbonyl (C=O) groups excluding carboxylic acids is 2. The predicted octanol–water partition coefficient (Wildman–Crippen LogP) is 3.67. The Morgan fingerprint density at radius 3 is 2.38 bits per heavy atom. The van der Waals surface area contributed by atoms with Crippen molar-refractivity contribution >= 4 is 40.8 Å². The molecule has 0 aromatic carbocycles. The summed E-state index contributed by atoms with van der Waals surface area (Å²) in [6, 6.07) is -0.269. The van der Waals surface area contributed by atoms with Gasteiger partial charge in [0.1, 0.15) is 0 Å². The molecule has 0 radical (unpaired) electrons. The lowest BCUT2D eigenvalue weighted by Crippen LogP contribution is -2.36. The summed E-state index contributed by atoms with van der Waals surface area (Å²) in [5.74, 6) is -0.101. The number of thioether (sulfide) groups is 1. The highest BCUT2D eigenvalue weighted by Crippen LogP contribution is 2.38. The van der Waals surface area contributed by atoms with Crippen molar-refractivity contribution in [1.82, 2.24) is 4.31 Å². The molecule has 0 aliphatic carbocycles. The Labute approximate surface area is 151 Å². The van der Waals surface area contributed by atoms with E-state index in [1.165, 1.54) is 23.1 Å². The summed E-state index contributed by atoms with van der Waals surface area (Å²) in [5.41, 5.74) is 0. The minimum absolute atomic E-state index is 0.0334. The summed E-state index contributed by atoms with van der Waals surface area (Å²) in [4.78, 5) is 41.1. The van der Waals surface area contributed by atoms with Gasteiger partial charge >= 0.3 is 11.3 Å². The topological polar surface area (TPSA) is 79.0 Å². The first-order valence-electron chi connectivity index (χ1n) is 7.71. The Morgan fingerprint density at radius 1 is 1.42 bits per heavy atom. The Morgan fingerprint density at radius 2 is 1.96 bits per heavy atom. The largest absolute Gasteiger partial charge is 0.469 e. The molecule has 7 nitrogen and oxygen atoms in total. The van der Waals surface area contributed by atoms with E-state index in [-0.39, 0.29) is 27.7 Å². The SMILES string of the molecule is CC(C)C(=O)C(C)(C)SN(C)C(=O)ON=C1SC(C)(C)C(C)[N+]1=O. The van der Waals surface area contributed by atoms with Crippen LogP contribution in [0.5, 0.6) is 0 Å². The maximum atomic E-state index is 12.2. The molecule has 0 bridgehead atoms. The van der Waals surface area contributed by atoms with Gasteiger partial charge in [-0.2, -0.15) is 4.84 Å². The first-order valence-corrected chi connectivity index (χ1v) is 9.30. The average Bonchev–Trinajstić information content (AvgIpc) is 2.66. The lowest BCUT2D eigenvalue weighted by molar-refractivity contribution is -0.466. The first kappa shape index (κ1) is 21.0. The Balaban J connectivity index is 2.71. The van der Waals surface area contributed by atoms with Crippen LogP contribution < -0.4 is 0 Å². The van der Waals surface area contributed by atoms with Crippen molar-refractivity contribution in [2.24, 2.45) is 11.1 Å². The van der Waals surface area contributed by atoms with Crippen LogP contribution >= 0.6 is 23.7 Å². The summed E-state index contributed by atoms with van der Waals surface area (Å²) in [6.07, 6.45) is -0.733. The second-order valence-corrected chi connectivity index (χ2v) is 10.4. The van der Waals surface area contributed by atoms with Gasteiger partial charge in [-0.25, -0.2) is 4.79 Å². The van der Waals surface area contributed by atoms with Crippen LogP contribution in [0.4, 0.5) is 4.79 Å². The zero-order valence-electron chi connectivity index (χ0n) is 15.4. The Bertz CT molecular complexity index is 573. The lowest BCUT2D eigenvalue weighted by Gasteiger charge is -2.27. The van der Waals surface area contributed by atoms with E-state index in [1.807, 2.05) is 27.7 Å². The van der Waals surface area contributed by atoms with Gasteiger partial charge < -0.3 is 0 Å². The molecule has 0 saturated carbocycles. The zero-order chi connectivity index (χ0) is 18.9. The van der Waals surface area contributed by atoms with E-state index >= 15 is 0 Å². The molecule has 0 aromatic heterocycles. The van der Waals surface area contributed by atoms with E-state index in [9.17, 15) is 14.5 Å². The van der Waals surface area contributed by atoms with Gasteiger partial charge in [0.2, 0.25) is 0 Å². The summed E-state index contributed by atoms with van der Waals surface area (Å²) in [7, 11) is 1.51. The van der Waals surface area contributed by atoms with Gasteiger partial charge in [0.25, 0.3) is 0 Å². The van der Waals surface area contributed by atoms with E-state index in [4.69, 9.17) is 4.84 Å². The second-order valence-electron chi connectivity index (χ2n) is 7.06. The highest BCUT2D eigenvalue weighted by molar-refractivity contribution is 8.14. The van der Waals surface area contributed by atoms with Crippen molar-refractivity contribution in [3.63, 3.8) is 0 Å². The number of ketones is 1. The maximum Gasteiger partial charge on any atom is 0.469 e. The number of oxime groups is 1. The fourth-order valence-electron chi connectivity index (χ4n) is 2.13. The van der Waals surface area contributed by atoms with Crippen molar-refractivity contribution < 1.29 is 19.2 Å². The highest BCUT2D eigenvalue weighted by atomic mass is 32.2.